The van der Waals surface area contributed by atoms with Crippen LogP contribution >= 0.6 is 0 Å². The molecule has 0 unspecified atom stereocenters. The van der Waals surface area contributed by atoms with Crippen LogP contribution in [0.4, 0.5) is 17.1 Å². The van der Waals surface area contributed by atoms with Gasteiger partial charge in [-0.25, -0.2) is 0 Å². The maximum absolute atomic E-state index is 10.1. The van der Waals surface area contributed by atoms with Crippen LogP contribution in [0.15, 0.2) is 152 Å². The highest BCUT2D eigenvalue weighted by Gasteiger charge is 2.52. The number of para-hydroxylation sites is 3. The van der Waals surface area contributed by atoms with Crippen molar-refractivity contribution < 1.29 is 0 Å². The first-order valence-electron chi connectivity index (χ1n) is 16.8. The Labute approximate surface area is 294 Å². The van der Waals surface area contributed by atoms with Gasteiger partial charge in [0.1, 0.15) is 0 Å². The average molecular weight is 648 g/mol. The Hall–Kier alpha value is -7.39. The number of hydrogen-bond donors (Lipinski definition) is 0. The Morgan fingerprint density at radius 3 is 1.59 bits per heavy atom. The summed E-state index contributed by atoms with van der Waals surface area (Å²) in [6.07, 6.45) is 0. The van der Waals surface area contributed by atoms with Crippen molar-refractivity contribution in [3.05, 3.63) is 191 Å². The zero-order chi connectivity index (χ0) is 34.3. The molecule has 0 fully saturated rings. The van der Waals surface area contributed by atoms with Crippen LogP contribution in [0.25, 0.3) is 38.6 Å². The third kappa shape index (κ3) is 3.77. The van der Waals surface area contributed by atoms with E-state index in [0.717, 1.165) is 77.9 Å². The van der Waals surface area contributed by atoms with E-state index in [1.165, 1.54) is 0 Å². The van der Waals surface area contributed by atoms with E-state index in [2.05, 4.69) is 131 Å². The van der Waals surface area contributed by atoms with Crippen molar-refractivity contribution in [1.29, 1.82) is 15.8 Å². The lowest BCUT2D eigenvalue weighted by molar-refractivity contribution is 0.752. The van der Waals surface area contributed by atoms with Crippen LogP contribution in [-0.4, -0.2) is 4.57 Å². The fourth-order valence-corrected chi connectivity index (χ4v) is 8.66. The molecule has 5 heteroatoms. The molecule has 0 amide bonds. The van der Waals surface area contributed by atoms with E-state index in [-0.39, 0.29) is 0 Å². The topological polar surface area (TPSA) is 79.5 Å². The molecule has 0 N–H and O–H groups in total. The number of fused-ring (bicyclic) bond motifs is 12. The molecule has 0 saturated carbocycles. The summed E-state index contributed by atoms with van der Waals surface area (Å²) in [5.74, 6) is 0. The van der Waals surface area contributed by atoms with Crippen LogP contribution < -0.4 is 4.90 Å². The van der Waals surface area contributed by atoms with Gasteiger partial charge < -0.3 is 9.47 Å². The summed E-state index contributed by atoms with van der Waals surface area (Å²) < 4.78 is 2.27. The van der Waals surface area contributed by atoms with Crippen LogP contribution in [0.5, 0.6) is 0 Å². The molecule has 234 valence electrons. The van der Waals surface area contributed by atoms with Crippen molar-refractivity contribution in [2.24, 2.45) is 0 Å². The quantitative estimate of drug-likeness (QED) is 0.187. The largest absolute Gasteiger partial charge is 0.310 e. The molecule has 2 heterocycles. The standard InChI is InChI=1S/C46H25N5/c47-26-29-18-21-43-37(22-29)36-10-1-4-13-42(36)50(43)32-8-7-9-33(25-32)51-44-14-5-2-11-38(44)46(39-12-3-6-15-45(39)51)40-23-30(27-48)16-19-34(40)35-20-17-31(28-49)24-41(35)46/h1-25H. The highest BCUT2D eigenvalue weighted by Crippen LogP contribution is 2.63. The van der Waals surface area contributed by atoms with Crippen LogP contribution in [0, 0.1) is 34.0 Å². The summed E-state index contributed by atoms with van der Waals surface area (Å²) in [6, 6.07) is 58.9. The van der Waals surface area contributed by atoms with E-state index in [1.54, 1.807) is 0 Å². The van der Waals surface area contributed by atoms with E-state index in [9.17, 15) is 15.8 Å². The van der Waals surface area contributed by atoms with Crippen molar-refractivity contribution >= 4 is 38.9 Å². The maximum atomic E-state index is 10.1. The predicted molar refractivity (Wildman–Crippen MR) is 200 cm³/mol. The molecule has 1 aromatic heterocycles. The monoisotopic (exact) mass is 647 g/mol. The molecular formula is C46H25N5. The van der Waals surface area contributed by atoms with Crippen LogP contribution in [-0.2, 0) is 5.41 Å². The van der Waals surface area contributed by atoms with Crippen molar-refractivity contribution in [2.75, 3.05) is 4.90 Å². The molecule has 2 aliphatic rings. The van der Waals surface area contributed by atoms with Crippen LogP contribution in [0.1, 0.15) is 38.9 Å². The average Bonchev–Trinajstić information content (AvgIpc) is 3.67. The molecule has 51 heavy (non-hydrogen) atoms. The molecule has 0 saturated heterocycles. The van der Waals surface area contributed by atoms with Crippen LogP contribution in [0.2, 0.25) is 0 Å². The van der Waals surface area contributed by atoms with E-state index < -0.39 is 5.41 Å². The lowest BCUT2D eigenvalue weighted by Gasteiger charge is -2.45. The number of nitrogens with zero attached hydrogens (tertiary/aromatic N) is 5. The molecule has 0 radical (unpaired) electrons. The maximum Gasteiger partial charge on any atom is 0.0991 e. The van der Waals surface area contributed by atoms with Crippen molar-refractivity contribution in [2.45, 2.75) is 5.41 Å². The fourth-order valence-electron chi connectivity index (χ4n) is 8.66. The summed E-state index contributed by atoms with van der Waals surface area (Å²) >= 11 is 0. The molecular weight excluding hydrogens is 623 g/mol. The van der Waals surface area contributed by atoms with Gasteiger partial charge in [-0.05, 0) is 112 Å². The summed E-state index contributed by atoms with van der Waals surface area (Å²) in [7, 11) is 0. The third-order valence-corrected chi connectivity index (χ3v) is 10.6. The van der Waals surface area contributed by atoms with Gasteiger partial charge in [-0.15, -0.1) is 0 Å². The Kier molecular flexibility index (Phi) is 5.92. The lowest BCUT2D eigenvalue weighted by Crippen LogP contribution is -2.36. The van der Waals surface area contributed by atoms with Gasteiger partial charge in [-0.3, -0.25) is 0 Å². The van der Waals surface area contributed by atoms with Crippen molar-refractivity contribution in [3.8, 4) is 35.0 Å². The smallest absolute Gasteiger partial charge is 0.0991 e. The summed E-state index contributed by atoms with van der Waals surface area (Å²) in [5.41, 5.74) is 13.6. The molecule has 0 bridgehead atoms. The summed E-state index contributed by atoms with van der Waals surface area (Å²) in [5, 5.41) is 32.0. The van der Waals surface area contributed by atoms with Crippen LogP contribution in [0.3, 0.4) is 0 Å². The molecule has 1 aliphatic heterocycles. The molecule has 1 aliphatic carbocycles. The van der Waals surface area contributed by atoms with Gasteiger partial charge in [-0.2, -0.15) is 15.8 Å². The minimum absolute atomic E-state index is 0.597. The van der Waals surface area contributed by atoms with Gasteiger partial charge in [0.25, 0.3) is 0 Å². The third-order valence-electron chi connectivity index (χ3n) is 10.6. The van der Waals surface area contributed by atoms with Gasteiger partial charge in [-0.1, -0.05) is 72.8 Å². The second kappa shape index (κ2) is 10.6. The number of nitriles is 3. The zero-order valence-corrected chi connectivity index (χ0v) is 27.2. The Bertz CT molecular complexity index is 2810. The first kappa shape index (κ1) is 28.6. The summed E-state index contributed by atoms with van der Waals surface area (Å²) in [6.45, 7) is 0. The van der Waals surface area contributed by atoms with E-state index in [4.69, 9.17) is 0 Å². The second-order valence-electron chi connectivity index (χ2n) is 13.1. The lowest BCUT2D eigenvalue weighted by atomic mass is 9.64. The Morgan fingerprint density at radius 2 is 0.941 bits per heavy atom. The number of hydrogen-bond acceptors (Lipinski definition) is 4. The molecule has 5 nitrogen and oxygen atoms in total. The number of benzene rings is 7. The van der Waals surface area contributed by atoms with Crippen molar-refractivity contribution in [3.63, 3.8) is 0 Å². The van der Waals surface area contributed by atoms with Gasteiger partial charge in [0.05, 0.1) is 62.7 Å². The fraction of sp³-hybridized carbons (Fsp3) is 0.0217. The van der Waals surface area contributed by atoms with E-state index in [0.29, 0.717) is 16.7 Å². The minimum atomic E-state index is -0.753. The van der Waals surface area contributed by atoms with Gasteiger partial charge in [0.15, 0.2) is 0 Å². The molecule has 10 rings (SSSR count). The van der Waals surface area contributed by atoms with E-state index in [1.807, 2.05) is 48.5 Å². The second-order valence-corrected chi connectivity index (χ2v) is 13.1. The normalized spacial score (nSPS) is 13.2. The highest BCUT2D eigenvalue weighted by molar-refractivity contribution is 6.09. The zero-order valence-electron chi connectivity index (χ0n) is 27.2. The first-order valence-corrected chi connectivity index (χ1v) is 16.8. The minimum Gasteiger partial charge on any atom is -0.310 e. The molecule has 1 spiro atoms. The molecule has 7 aromatic carbocycles. The SMILES string of the molecule is N#Cc1ccc2c(c1)C1(c3cc(C#N)ccc3-2)c2ccccc2N(c2cccc(-n3c4ccccc4c4cc(C#N)ccc43)c2)c2ccccc21. The van der Waals surface area contributed by atoms with Gasteiger partial charge >= 0.3 is 0 Å². The predicted octanol–water partition coefficient (Wildman–Crippen LogP) is 10.5. The first-order chi connectivity index (χ1) is 25.1. The Morgan fingerprint density at radius 1 is 0.412 bits per heavy atom. The van der Waals surface area contributed by atoms with Gasteiger partial charge in [0, 0.05) is 22.1 Å². The summed E-state index contributed by atoms with van der Waals surface area (Å²) in [4.78, 5) is 2.33. The number of rotatable bonds is 2. The Balaban J connectivity index is 1.26. The van der Waals surface area contributed by atoms with Crippen molar-refractivity contribution in [1.82, 2.24) is 4.57 Å². The van der Waals surface area contributed by atoms with Gasteiger partial charge in [0.2, 0.25) is 0 Å². The number of aromatic nitrogens is 1. The van der Waals surface area contributed by atoms with E-state index >= 15 is 0 Å². The molecule has 8 aromatic rings. The number of anilines is 3. The molecule has 0 atom stereocenters. The highest BCUT2D eigenvalue weighted by atomic mass is 15.2.